The Bertz CT molecular complexity index is 1160. The van der Waals surface area contributed by atoms with Crippen molar-refractivity contribution in [2.24, 2.45) is 0 Å². The largest absolute Gasteiger partial charge is 0.379 e. The van der Waals surface area contributed by atoms with Crippen molar-refractivity contribution in [3.05, 3.63) is 64.4 Å². The van der Waals surface area contributed by atoms with Crippen LogP contribution in [0.5, 0.6) is 0 Å². The van der Waals surface area contributed by atoms with Gasteiger partial charge < -0.3 is 10.1 Å². The minimum atomic E-state index is -0.115. The molecule has 2 aromatic carbocycles. The van der Waals surface area contributed by atoms with E-state index in [4.69, 9.17) is 9.72 Å². The lowest BCUT2D eigenvalue weighted by atomic mass is 10.1. The highest BCUT2D eigenvalue weighted by atomic mass is 32.2. The Morgan fingerprint density at radius 1 is 1.12 bits per heavy atom. The number of benzene rings is 2. The van der Waals surface area contributed by atoms with E-state index in [1.165, 1.54) is 17.3 Å². The minimum Gasteiger partial charge on any atom is -0.379 e. The van der Waals surface area contributed by atoms with Crippen LogP contribution in [0.25, 0.3) is 10.9 Å². The molecule has 1 aliphatic rings. The molecule has 0 saturated carbocycles. The van der Waals surface area contributed by atoms with Gasteiger partial charge in [-0.25, -0.2) is 4.98 Å². The average molecular weight is 467 g/mol. The maximum atomic E-state index is 13.2. The molecule has 1 amide bonds. The molecular weight excluding hydrogens is 436 g/mol. The molecule has 4 rings (SSSR count). The molecule has 0 radical (unpaired) electrons. The van der Waals surface area contributed by atoms with Gasteiger partial charge in [0.05, 0.1) is 29.9 Å². The van der Waals surface area contributed by atoms with Crippen molar-refractivity contribution in [2.45, 2.75) is 31.5 Å². The molecule has 0 unspecified atom stereocenters. The number of rotatable bonds is 9. The first-order chi connectivity index (χ1) is 16.1. The lowest BCUT2D eigenvalue weighted by molar-refractivity contribution is -0.113. The number of amides is 1. The van der Waals surface area contributed by atoms with E-state index in [-0.39, 0.29) is 17.2 Å². The SMILES string of the molecule is CCc1cccc(NC(=O)CSc2nc3ccccc3c(=O)n2CCCN2CCOCC2)c1. The van der Waals surface area contributed by atoms with Crippen molar-refractivity contribution in [1.82, 2.24) is 14.5 Å². The number of hydrogen-bond acceptors (Lipinski definition) is 6. The van der Waals surface area contributed by atoms with Crippen LogP contribution < -0.4 is 10.9 Å². The van der Waals surface area contributed by atoms with Gasteiger partial charge in [0.15, 0.2) is 5.16 Å². The van der Waals surface area contributed by atoms with Gasteiger partial charge in [-0.1, -0.05) is 43.0 Å². The molecule has 174 valence electrons. The number of hydrogen-bond donors (Lipinski definition) is 1. The van der Waals surface area contributed by atoms with Crippen LogP contribution in [-0.2, 0) is 22.5 Å². The van der Waals surface area contributed by atoms with Gasteiger partial charge in [0.2, 0.25) is 5.91 Å². The molecule has 0 atom stereocenters. The maximum Gasteiger partial charge on any atom is 0.262 e. The number of ether oxygens (including phenoxy) is 1. The first-order valence-corrected chi connectivity index (χ1v) is 12.4. The number of carbonyl (C=O) groups excluding carboxylic acids is 1. The zero-order valence-electron chi connectivity index (χ0n) is 19.0. The van der Waals surface area contributed by atoms with E-state index >= 15 is 0 Å². The molecule has 1 N–H and O–H groups in total. The number of aryl methyl sites for hydroxylation is 1. The molecule has 1 aromatic heterocycles. The highest BCUT2D eigenvalue weighted by Crippen LogP contribution is 2.19. The van der Waals surface area contributed by atoms with Crippen molar-refractivity contribution >= 4 is 34.3 Å². The second-order valence-electron chi connectivity index (χ2n) is 8.07. The summed E-state index contributed by atoms with van der Waals surface area (Å²) in [4.78, 5) is 32.9. The van der Waals surface area contributed by atoms with Gasteiger partial charge in [0.1, 0.15) is 0 Å². The van der Waals surface area contributed by atoms with Crippen LogP contribution in [0, 0.1) is 0 Å². The van der Waals surface area contributed by atoms with Crippen LogP contribution >= 0.6 is 11.8 Å². The highest BCUT2D eigenvalue weighted by Gasteiger charge is 2.15. The summed E-state index contributed by atoms with van der Waals surface area (Å²) in [5.74, 6) is 0.0699. The van der Waals surface area contributed by atoms with Crippen molar-refractivity contribution in [1.29, 1.82) is 0 Å². The van der Waals surface area contributed by atoms with Crippen LogP contribution in [0.3, 0.4) is 0 Å². The second kappa shape index (κ2) is 11.4. The molecular formula is C25H30N4O3S. The number of thioether (sulfide) groups is 1. The Morgan fingerprint density at radius 3 is 2.76 bits per heavy atom. The predicted octanol–water partition coefficient (Wildman–Crippen LogP) is 3.41. The molecule has 2 heterocycles. The van der Waals surface area contributed by atoms with E-state index in [1.807, 2.05) is 48.5 Å². The Labute approximate surface area is 198 Å². The number of aromatic nitrogens is 2. The van der Waals surface area contributed by atoms with Crippen molar-refractivity contribution in [3.8, 4) is 0 Å². The summed E-state index contributed by atoms with van der Waals surface area (Å²) in [6, 6.07) is 15.2. The Morgan fingerprint density at radius 2 is 1.94 bits per heavy atom. The average Bonchev–Trinajstić information content (AvgIpc) is 2.85. The van der Waals surface area contributed by atoms with E-state index in [9.17, 15) is 9.59 Å². The molecule has 7 nitrogen and oxygen atoms in total. The molecule has 0 bridgehead atoms. The smallest absolute Gasteiger partial charge is 0.262 e. The fraction of sp³-hybridized carbons (Fsp3) is 0.400. The maximum absolute atomic E-state index is 13.2. The van der Waals surface area contributed by atoms with Gasteiger partial charge in [0.25, 0.3) is 5.56 Å². The molecule has 0 aliphatic carbocycles. The molecule has 3 aromatic rings. The third kappa shape index (κ3) is 6.22. The molecule has 0 spiro atoms. The second-order valence-corrected chi connectivity index (χ2v) is 9.01. The number of para-hydroxylation sites is 1. The quantitative estimate of drug-likeness (QED) is 0.385. The topological polar surface area (TPSA) is 76.5 Å². The summed E-state index contributed by atoms with van der Waals surface area (Å²) >= 11 is 1.31. The Kier molecular flexibility index (Phi) is 8.15. The van der Waals surface area contributed by atoms with Crippen molar-refractivity contribution in [3.63, 3.8) is 0 Å². The summed E-state index contributed by atoms with van der Waals surface area (Å²) in [5, 5.41) is 4.14. The van der Waals surface area contributed by atoms with Crippen LogP contribution in [-0.4, -0.2) is 59.0 Å². The zero-order chi connectivity index (χ0) is 23.0. The van der Waals surface area contributed by atoms with E-state index in [0.29, 0.717) is 22.6 Å². The van der Waals surface area contributed by atoms with E-state index in [2.05, 4.69) is 17.1 Å². The summed E-state index contributed by atoms with van der Waals surface area (Å²) in [7, 11) is 0. The molecule has 1 aliphatic heterocycles. The summed E-state index contributed by atoms with van der Waals surface area (Å²) in [6.45, 7) is 6.92. The number of morpholine rings is 1. The number of fused-ring (bicyclic) bond motifs is 1. The Balaban J connectivity index is 1.46. The van der Waals surface area contributed by atoms with Gasteiger partial charge >= 0.3 is 0 Å². The lowest BCUT2D eigenvalue weighted by Gasteiger charge is -2.26. The molecule has 1 fully saturated rings. The van der Waals surface area contributed by atoms with Crippen molar-refractivity contribution < 1.29 is 9.53 Å². The zero-order valence-corrected chi connectivity index (χ0v) is 19.8. The first kappa shape index (κ1) is 23.5. The van der Waals surface area contributed by atoms with Crippen LogP contribution in [0.15, 0.2) is 58.5 Å². The van der Waals surface area contributed by atoms with Gasteiger partial charge in [-0.15, -0.1) is 0 Å². The number of carbonyl (C=O) groups is 1. The molecule has 33 heavy (non-hydrogen) atoms. The number of nitrogens with one attached hydrogen (secondary N) is 1. The van der Waals surface area contributed by atoms with Gasteiger partial charge in [-0.05, 0) is 42.7 Å². The van der Waals surface area contributed by atoms with E-state index < -0.39 is 0 Å². The summed E-state index contributed by atoms with van der Waals surface area (Å²) in [5.41, 5.74) is 2.56. The number of nitrogens with zero attached hydrogens (tertiary/aromatic N) is 3. The van der Waals surface area contributed by atoms with Crippen molar-refractivity contribution in [2.75, 3.05) is 43.9 Å². The van der Waals surface area contributed by atoms with Gasteiger partial charge in [-0.3, -0.25) is 19.1 Å². The lowest BCUT2D eigenvalue weighted by Crippen LogP contribution is -2.37. The van der Waals surface area contributed by atoms with E-state index in [0.717, 1.165) is 51.4 Å². The normalized spacial score (nSPS) is 14.5. The standard InChI is InChI=1S/C25H30N4O3S/c1-2-19-7-5-8-20(17-19)26-23(30)18-33-25-27-22-10-4-3-9-21(22)24(31)29(25)12-6-11-28-13-15-32-16-14-28/h3-5,7-10,17H,2,6,11-16,18H2,1H3,(H,26,30). The third-order valence-corrected chi connectivity index (χ3v) is 6.71. The van der Waals surface area contributed by atoms with Crippen LogP contribution in [0.4, 0.5) is 5.69 Å². The number of anilines is 1. The van der Waals surface area contributed by atoms with Gasteiger partial charge in [-0.2, -0.15) is 0 Å². The Hall–Kier alpha value is -2.68. The fourth-order valence-electron chi connectivity index (χ4n) is 3.93. The molecule has 8 heteroatoms. The van der Waals surface area contributed by atoms with E-state index in [1.54, 1.807) is 4.57 Å². The summed E-state index contributed by atoms with van der Waals surface area (Å²) < 4.78 is 7.13. The first-order valence-electron chi connectivity index (χ1n) is 11.5. The highest BCUT2D eigenvalue weighted by molar-refractivity contribution is 7.99. The molecule has 1 saturated heterocycles. The predicted molar refractivity (Wildman–Crippen MR) is 133 cm³/mol. The summed E-state index contributed by atoms with van der Waals surface area (Å²) in [6.07, 6.45) is 1.75. The van der Waals surface area contributed by atoms with Crippen LogP contribution in [0.1, 0.15) is 18.9 Å². The van der Waals surface area contributed by atoms with Gasteiger partial charge in [0, 0.05) is 31.9 Å². The van der Waals surface area contributed by atoms with Crippen LogP contribution in [0.2, 0.25) is 0 Å². The monoisotopic (exact) mass is 466 g/mol. The third-order valence-electron chi connectivity index (χ3n) is 5.74. The fourth-order valence-corrected chi connectivity index (χ4v) is 4.75. The minimum absolute atomic E-state index is 0.0545.